The highest BCUT2D eigenvalue weighted by Crippen LogP contribution is 2.28. The smallest absolute Gasteiger partial charge is 0.248 e. The number of carbonyl (C=O) groups is 1. The van der Waals surface area contributed by atoms with Gasteiger partial charge in [0.2, 0.25) is 5.91 Å². The molecular formula is C20H33N3O4. The highest BCUT2D eigenvalue weighted by Gasteiger charge is 2.26. The molecule has 0 aliphatic carbocycles. The van der Waals surface area contributed by atoms with E-state index < -0.39 is 0 Å². The second kappa shape index (κ2) is 10.2. The predicted octanol–water partition coefficient (Wildman–Crippen LogP) is 1.99. The van der Waals surface area contributed by atoms with Crippen LogP contribution < -0.4 is 0 Å². The first kappa shape index (κ1) is 20.3. The van der Waals surface area contributed by atoms with E-state index >= 15 is 0 Å². The molecule has 1 amide bonds. The molecule has 0 saturated carbocycles. The van der Waals surface area contributed by atoms with E-state index in [-0.39, 0.29) is 12.5 Å². The molecule has 7 heteroatoms. The lowest BCUT2D eigenvalue weighted by Gasteiger charge is -2.33. The summed E-state index contributed by atoms with van der Waals surface area (Å²) in [5.41, 5.74) is 1.24. The Morgan fingerprint density at radius 1 is 1.22 bits per heavy atom. The van der Waals surface area contributed by atoms with Crippen molar-refractivity contribution in [2.24, 2.45) is 5.92 Å². The van der Waals surface area contributed by atoms with Gasteiger partial charge in [0.05, 0.1) is 13.2 Å². The average molecular weight is 380 g/mol. The minimum atomic E-state index is 0.0891. The van der Waals surface area contributed by atoms with E-state index in [1.165, 1.54) is 11.5 Å². The summed E-state index contributed by atoms with van der Waals surface area (Å²) >= 11 is 0. The zero-order valence-corrected chi connectivity index (χ0v) is 16.7. The summed E-state index contributed by atoms with van der Waals surface area (Å²) in [4.78, 5) is 18.9. The van der Waals surface area contributed by atoms with Crippen LogP contribution in [0.5, 0.6) is 0 Å². The number of methoxy groups -OCH3 is 1. The van der Waals surface area contributed by atoms with Crippen molar-refractivity contribution < 1.29 is 19.0 Å². The summed E-state index contributed by atoms with van der Waals surface area (Å²) in [6, 6.07) is 0. The Kier molecular flexibility index (Phi) is 7.67. The van der Waals surface area contributed by atoms with Crippen molar-refractivity contribution >= 4 is 5.91 Å². The van der Waals surface area contributed by atoms with E-state index in [0.29, 0.717) is 25.0 Å². The van der Waals surface area contributed by atoms with Gasteiger partial charge in [-0.05, 0) is 38.5 Å². The first-order valence-electron chi connectivity index (χ1n) is 10.1. The van der Waals surface area contributed by atoms with Crippen LogP contribution in [0, 0.1) is 12.8 Å². The molecule has 2 saturated heterocycles. The zero-order chi connectivity index (χ0) is 19.1. The van der Waals surface area contributed by atoms with E-state index in [0.717, 1.165) is 58.5 Å². The van der Waals surface area contributed by atoms with Crippen LogP contribution in [0.1, 0.15) is 43.1 Å². The Hall–Kier alpha value is -1.44. The van der Waals surface area contributed by atoms with E-state index in [1.54, 1.807) is 7.11 Å². The molecular weight excluding hydrogens is 346 g/mol. The van der Waals surface area contributed by atoms with E-state index in [1.807, 2.05) is 11.1 Å². The number of hydrogen-bond acceptors (Lipinski definition) is 5. The van der Waals surface area contributed by atoms with Crippen molar-refractivity contribution in [1.82, 2.24) is 14.5 Å². The number of aromatic nitrogens is 2. The van der Waals surface area contributed by atoms with Gasteiger partial charge < -0.3 is 23.7 Å². The van der Waals surface area contributed by atoms with Gasteiger partial charge >= 0.3 is 0 Å². The van der Waals surface area contributed by atoms with Gasteiger partial charge in [-0.1, -0.05) is 0 Å². The molecule has 0 unspecified atom stereocenters. The lowest BCUT2D eigenvalue weighted by Crippen LogP contribution is -2.41. The fourth-order valence-electron chi connectivity index (χ4n) is 4.01. The van der Waals surface area contributed by atoms with Crippen molar-refractivity contribution in [3.05, 3.63) is 17.7 Å². The molecule has 2 fully saturated rings. The molecule has 1 aromatic rings. The molecule has 152 valence electrons. The standard InChI is InChI=1S/C20H33N3O4/c1-16-13-21-20(18-5-9-26-10-6-18)23(16)14-17-3-7-22(8-4-17)19(24)15-27-12-11-25-2/h13,17-18H,3-12,14-15H2,1-2H3. The number of imidazole rings is 1. The van der Waals surface area contributed by atoms with Crippen LogP contribution in [0.25, 0.3) is 0 Å². The molecule has 2 aliphatic rings. The third kappa shape index (κ3) is 5.53. The molecule has 0 N–H and O–H groups in total. The van der Waals surface area contributed by atoms with Gasteiger partial charge in [0.25, 0.3) is 0 Å². The number of amides is 1. The number of nitrogens with zero attached hydrogens (tertiary/aromatic N) is 3. The lowest BCUT2D eigenvalue weighted by molar-refractivity contribution is -0.138. The molecule has 2 aliphatic heterocycles. The Labute approximate surface area is 162 Å². The molecule has 0 spiro atoms. The summed E-state index contributed by atoms with van der Waals surface area (Å²) in [6.45, 7) is 7.60. The Morgan fingerprint density at radius 3 is 2.67 bits per heavy atom. The second-order valence-electron chi connectivity index (χ2n) is 7.62. The number of rotatable bonds is 8. The topological polar surface area (TPSA) is 65.8 Å². The maximum absolute atomic E-state index is 12.2. The maximum atomic E-state index is 12.2. The molecule has 0 atom stereocenters. The third-order valence-corrected chi connectivity index (χ3v) is 5.74. The first-order chi connectivity index (χ1) is 13.2. The average Bonchev–Trinajstić information content (AvgIpc) is 3.07. The molecule has 0 radical (unpaired) electrons. The van der Waals surface area contributed by atoms with Gasteiger partial charge in [-0.2, -0.15) is 0 Å². The largest absolute Gasteiger partial charge is 0.382 e. The Morgan fingerprint density at radius 2 is 1.96 bits per heavy atom. The monoisotopic (exact) mass is 379 g/mol. The summed E-state index contributed by atoms with van der Waals surface area (Å²) < 4.78 is 18.2. The van der Waals surface area contributed by atoms with E-state index in [2.05, 4.69) is 11.5 Å². The normalized spacial score (nSPS) is 19.6. The number of carbonyl (C=O) groups excluding carboxylic acids is 1. The van der Waals surface area contributed by atoms with Crippen LogP contribution in [0.3, 0.4) is 0 Å². The van der Waals surface area contributed by atoms with Gasteiger partial charge in [-0.3, -0.25) is 4.79 Å². The summed E-state index contributed by atoms with van der Waals surface area (Å²) in [7, 11) is 1.63. The molecule has 1 aromatic heterocycles. The molecule has 0 bridgehead atoms. The molecule has 7 nitrogen and oxygen atoms in total. The molecule has 27 heavy (non-hydrogen) atoms. The summed E-state index contributed by atoms with van der Waals surface area (Å²) in [5.74, 6) is 2.42. The quantitative estimate of drug-likeness (QED) is 0.646. The predicted molar refractivity (Wildman–Crippen MR) is 102 cm³/mol. The highest BCUT2D eigenvalue weighted by molar-refractivity contribution is 5.77. The van der Waals surface area contributed by atoms with Crippen LogP contribution in [0.2, 0.25) is 0 Å². The lowest BCUT2D eigenvalue weighted by atomic mass is 9.95. The molecule has 3 rings (SSSR count). The number of aryl methyl sites for hydroxylation is 1. The molecule has 3 heterocycles. The van der Waals surface area contributed by atoms with Crippen molar-refractivity contribution in [1.29, 1.82) is 0 Å². The number of ether oxygens (including phenoxy) is 3. The van der Waals surface area contributed by atoms with Gasteiger partial charge in [0.15, 0.2) is 0 Å². The second-order valence-corrected chi connectivity index (χ2v) is 7.62. The van der Waals surface area contributed by atoms with Gasteiger partial charge in [-0.15, -0.1) is 0 Å². The fourth-order valence-corrected chi connectivity index (χ4v) is 4.01. The zero-order valence-electron chi connectivity index (χ0n) is 16.7. The Bertz CT molecular complexity index is 590. The minimum absolute atomic E-state index is 0.0891. The summed E-state index contributed by atoms with van der Waals surface area (Å²) in [5, 5.41) is 0. The minimum Gasteiger partial charge on any atom is -0.382 e. The summed E-state index contributed by atoms with van der Waals surface area (Å²) in [6.07, 6.45) is 6.20. The van der Waals surface area contributed by atoms with Gasteiger partial charge in [0, 0.05) is 57.8 Å². The third-order valence-electron chi connectivity index (χ3n) is 5.74. The van der Waals surface area contributed by atoms with Crippen LogP contribution in [-0.4, -0.2) is 73.6 Å². The van der Waals surface area contributed by atoms with Crippen LogP contribution in [0.4, 0.5) is 0 Å². The van der Waals surface area contributed by atoms with Gasteiger partial charge in [0.1, 0.15) is 12.4 Å². The van der Waals surface area contributed by atoms with Crippen LogP contribution in [-0.2, 0) is 25.5 Å². The van der Waals surface area contributed by atoms with Crippen molar-refractivity contribution in [3.63, 3.8) is 0 Å². The van der Waals surface area contributed by atoms with Crippen molar-refractivity contribution in [2.45, 2.75) is 45.1 Å². The van der Waals surface area contributed by atoms with Gasteiger partial charge in [-0.25, -0.2) is 4.98 Å². The van der Waals surface area contributed by atoms with Crippen LogP contribution in [0.15, 0.2) is 6.20 Å². The van der Waals surface area contributed by atoms with Crippen LogP contribution >= 0.6 is 0 Å². The molecule has 0 aromatic carbocycles. The Balaban J connectivity index is 1.48. The number of hydrogen-bond donors (Lipinski definition) is 0. The maximum Gasteiger partial charge on any atom is 0.248 e. The van der Waals surface area contributed by atoms with E-state index in [4.69, 9.17) is 19.2 Å². The SMILES string of the molecule is COCCOCC(=O)N1CCC(Cn2c(C)cnc2C2CCOCC2)CC1. The van der Waals surface area contributed by atoms with Crippen molar-refractivity contribution in [2.75, 3.05) is 53.2 Å². The number of likely N-dealkylation sites (tertiary alicyclic amines) is 1. The van der Waals surface area contributed by atoms with E-state index in [9.17, 15) is 4.79 Å². The fraction of sp³-hybridized carbons (Fsp3) is 0.800. The first-order valence-corrected chi connectivity index (χ1v) is 10.1. The number of piperidine rings is 1. The highest BCUT2D eigenvalue weighted by atomic mass is 16.5. The van der Waals surface area contributed by atoms with Crippen molar-refractivity contribution in [3.8, 4) is 0 Å².